The van der Waals surface area contributed by atoms with E-state index >= 15 is 0 Å². The molecule has 0 bridgehead atoms. The molecule has 0 spiro atoms. The molecule has 8 heteroatoms. The Hall–Kier alpha value is -1.41. The summed E-state index contributed by atoms with van der Waals surface area (Å²) in [6.07, 6.45) is 3.01. The van der Waals surface area contributed by atoms with Crippen molar-refractivity contribution in [3.8, 4) is 0 Å². The molecule has 1 aromatic rings. The number of nitrogens with one attached hydrogen (secondary N) is 1. The highest BCUT2D eigenvalue weighted by Gasteiger charge is 2.13. The van der Waals surface area contributed by atoms with E-state index in [1.54, 1.807) is 7.05 Å². The Balaban J connectivity index is 2.64. The van der Waals surface area contributed by atoms with Gasteiger partial charge in [0.25, 0.3) is 5.56 Å². The first-order valence-electron chi connectivity index (χ1n) is 5.00. The second-order valence-corrected chi connectivity index (χ2v) is 6.02. The van der Waals surface area contributed by atoms with Crippen molar-refractivity contribution >= 4 is 15.8 Å². The number of nitrogens with zero attached hydrogens (tertiary/aromatic N) is 3. The van der Waals surface area contributed by atoms with Crippen LogP contribution in [0.4, 0.5) is 5.82 Å². The van der Waals surface area contributed by atoms with Crippen LogP contribution in [0.2, 0.25) is 0 Å². The quantitative estimate of drug-likeness (QED) is 0.740. The van der Waals surface area contributed by atoms with E-state index in [-0.39, 0.29) is 23.7 Å². The van der Waals surface area contributed by atoms with Crippen LogP contribution in [0.1, 0.15) is 0 Å². The van der Waals surface area contributed by atoms with Crippen LogP contribution in [0.3, 0.4) is 0 Å². The zero-order valence-electron chi connectivity index (χ0n) is 10.0. The van der Waals surface area contributed by atoms with Crippen molar-refractivity contribution in [2.75, 3.05) is 31.7 Å². The Bertz CT molecular complexity index is 535. The van der Waals surface area contributed by atoms with E-state index in [0.717, 1.165) is 4.31 Å². The van der Waals surface area contributed by atoms with Gasteiger partial charge in [-0.2, -0.15) is 0 Å². The van der Waals surface area contributed by atoms with Gasteiger partial charge in [-0.25, -0.2) is 17.7 Å². The van der Waals surface area contributed by atoms with Gasteiger partial charge in [0.15, 0.2) is 5.82 Å². The minimum Gasteiger partial charge on any atom is -0.364 e. The third-order valence-electron chi connectivity index (χ3n) is 2.23. The van der Waals surface area contributed by atoms with Gasteiger partial charge < -0.3 is 9.88 Å². The summed E-state index contributed by atoms with van der Waals surface area (Å²) in [6, 6.07) is 0. The molecule has 0 saturated heterocycles. The number of hydrogen-bond donors (Lipinski definition) is 1. The predicted molar refractivity (Wildman–Crippen MR) is 65.4 cm³/mol. The maximum absolute atomic E-state index is 11.5. The van der Waals surface area contributed by atoms with E-state index < -0.39 is 10.0 Å². The van der Waals surface area contributed by atoms with Gasteiger partial charge in [0.1, 0.15) is 0 Å². The second-order valence-electron chi connectivity index (χ2n) is 3.72. The maximum Gasteiger partial charge on any atom is 0.293 e. The van der Waals surface area contributed by atoms with Crippen LogP contribution >= 0.6 is 0 Å². The van der Waals surface area contributed by atoms with Crippen LogP contribution in [-0.2, 0) is 17.1 Å². The van der Waals surface area contributed by atoms with Gasteiger partial charge in [0.05, 0.1) is 5.75 Å². The molecule has 1 rings (SSSR count). The van der Waals surface area contributed by atoms with Crippen molar-refractivity contribution in [1.82, 2.24) is 13.9 Å². The average molecular weight is 260 g/mol. The van der Waals surface area contributed by atoms with Crippen molar-refractivity contribution in [2.45, 2.75) is 0 Å². The Kier molecular flexibility index (Phi) is 4.24. The summed E-state index contributed by atoms with van der Waals surface area (Å²) in [4.78, 5) is 15.4. The van der Waals surface area contributed by atoms with Crippen molar-refractivity contribution in [1.29, 1.82) is 0 Å². The smallest absolute Gasteiger partial charge is 0.293 e. The Labute approximate surface area is 100 Å². The fourth-order valence-corrected chi connectivity index (χ4v) is 1.83. The van der Waals surface area contributed by atoms with Crippen molar-refractivity contribution in [3.05, 3.63) is 22.7 Å². The summed E-state index contributed by atoms with van der Waals surface area (Å²) in [5, 5.41) is 2.71. The lowest BCUT2D eigenvalue weighted by molar-refractivity contribution is 0.521. The summed E-state index contributed by atoms with van der Waals surface area (Å²) in [6.45, 7) is 0.146. The molecular weight excluding hydrogens is 244 g/mol. The number of aromatic nitrogens is 2. The van der Waals surface area contributed by atoms with Crippen molar-refractivity contribution in [2.24, 2.45) is 7.05 Å². The first-order chi connectivity index (χ1) is 7.84. The highest BCUT2D eigenvalue weighted by atomic mass is 32.2. The molecule has 0 atom stereocenters. The van der Waals surface area contributed by atoms with Crippen molar-refractivity contribution in [3.63, 3.8) is 0 Å². The van der Waals surface area contributed by atoms with Gasteiger partial charge in [0, 0.05) is 40.1 Å². The van der Waals surface area contributed by atoms with E-state index in [0.29, 0.717) is 0 Å². The topological polar surface area (TPSA) is 84.3 Å². The van der Waals surface area contributed by atoms with Gasteiger partial charge >= 0.3 is 0 Å². The highest BCUT2D eigenvalue weighted by molar-refractivity contribution is 7.89. The van der Waals surface area contributed by atoms with Crippen LogP contribution < -0.4 is 10.9 Å². The molecule has 0 aromatic carbocycles. The van der Waals surface area contributed by atoms with Crippen LogP contribution in [0.25, 0.3) is 0 Å². The maximum atomic E-state index is 11.5. The molecule has 0 amide bonds. The normalized spacial score (nSPS) is 11.8. The lowest BCUT2D eigenvalue weighted by atomic mass is 10.6. The molecule has 96 valence electrons. The van der Waals surface area contributed by atoms with Gasteiger partial charge in [-0.3, -0.25) is 4.79 Å². The summed E-state index contributed by atoms with van der Waals surface area (Å²) in [5.74, 6) is 0.0728. The molecule has 1 N–H and O–H groups in total. The zero-order chi connectivity index (χ0) is 13.1. The molecule has 0 aliphatic carbocycles. The monoisotopic (exact) mass is 260 g/mol. The molecule has 1 aromatic heterocycles. The molecule has 7 nitrogen and oxygen atoms in total. The van der Waals surface area contributed by atoms with Gasteiger partial charge in [-0.1, -0.05) is 0 Å². The first-order valence-corrected chi connectivity index (χ1v) is 6.61. The third-order valence-corrected chi connectivity index (χ3v) is 4.06. The number of hydrogen-bond acceptors (Lipinski definition) is 5. The van der Waals surface area contributed by atoms with E-state index in [1.807, 2.05) is 0 Å². The SMILES string of the molecule is CN(C)S(=O)(=O)CCNc1nccn(C)c1=O. The number of aryl methyl sites for hydroxylation is 1. The number of rotatable bonds is 5. The molecule has 0 unspecified atom stereocenters. The zero-order valence-corrected chi connectivity index (χ0v) is 10.9. The Morgan fingerprint density at radius 3 is 2.71 bits per heavy atom. The van der Waals surface area contributed by atoms with E-state index in [1.165, 1.54) is 31.1 Å². The van der Waals surface area contributed by atoms with Crippen LogP contribution in [0.15, 0.2) is 17.2 Å². The molecule has 0 aliphatic rings. The lowest BCUT2D eigenvalue weighted by Crippen LogP contribution is -2.30. The second kappa shape index (κ2) is 5.28. The van der Waals surface area contributed by atoms with Gasteiger partial charge in [-0.05, 0) is 0 Å². The van der Waals surface area contributed by atoms with Gasteiger partial charge in [-0.15, -0.1) is 0 Å². The highest BCUT2D eigenvalue weighted by Crippen LogP contribution is 1.96. The minimum absolute atomic E-state index is 0.0836. The number of anilines is 1. The molecule has 0 saturated carbocycles. The van der Waals surface area contributed by atoms with Crippen LogP contribution in [0.5, 0.6) is 0 Å². The summed E-state index contributed by atoms with van der Waals surface area (Å²) < 4.78 is 25.4. The fraction of sp³-hybridized carbons (Fsp3) is 0.556. The van der Waals surface area contributed by atoms with E-state index in [9.17, 15) is 13.2 Å². The average Bonchev–Trinajstić information content (AvgIpc) is 2.24. The first kappa shape index (κ1) is 13.7. The molecule has 0 aliphatic heterocycles. The largest absolute Gasteiger partial charge is 0.364 e. The summed E-state index contributed by atoms with van der Waals surface area (Å²) in [5.41, 5.74) is -0.283. The van der Waals surface area contributed by atoms with Crippen LogP contribution in [-0.4, -0.2) is 48.7 Å². The molecule has 1 heterocycles. The third kappa shape index (κ3) is 3.53. The summed E-state index contributed by atoms with van der Waals surface area (Å²) in [7, 11) is 1.28. The lowest BCUT2D eigenvalue weighted by Gasteiger charge is -2.11. The van der Waals surface area contributed by atoms with Crippen molar-refractivity contribution < 1.29 is 8.42 Å². The Morgan fingerprint density at radius 1 is 1.47 bits per heavy atom. The van der Waals surface area contributed by atoms with Crippen LogP contribution in [0, 0.1) is 0 Å². The van der Waals surface area contributed by atoms with E-state index in [4.69, 9.17) is 0 Å². The minimum atomic E-state index is -3.26. The van der Waals surface area contributed by atoms with Gasteiger partial charge in [0.2, 0.25) is 10.0 Å². The molecule has 0 radical (unpaired) electrons. The fourth-order valence-electron chi connectivity index (χ4n) is 1.10. The molecule has 0 fully saturated rings. The number of sulfonamides is 1. The standard InChI is InChI=1S/C9H16N4O3S/c1-12(2)17(15,16)7-5-11-8-9(14)13(3)6-4-10-8/h4,6H,5,7H2,1-3H3,(H,10,11). The Morgan fingerprint density at radius 2 is 2.12 bits per heavy atom. The van der Waals surface area contributed by atoms with E-state index in [2.05, 4.69) is 10.3 Å². The molecular formula is C9H16N4O3S. The summed E-state index contributed by atoms with van der Waals surface area (Å²) >= 11 is 0. The molecule has 17 heavy (non-hydrogen) atoms. The predicted octanol–water partition coefficient (Wildman–Crippen LogP) is -0.916.